The Morgan fingerprint density at radius 2 is 2.00 bits per heavy atom. The number of aromatic amines is 1. The average molecular weight is 407 g/mol. The Hall–Kier alpha value is -2.86. The van der Waals surface area contributed by atoms with Gasteiger partial charge in [-0.3, -0.25) is 4.79 Å². The lowest BCUT2D eigenvalue weighted by Crippen LogP contribution is -2.34. The van der Waals surface area contributed by atoms with E-state index in [1.54, 1.807) is 11.3 Å². The maximum Gasteiger partial charge on any atom is 0.223 e. The normalized spacial score (nSPS) is 14.6. The number of hydrogen-bond acceptors (Lipinski definition) is 3. The molecule has 2 N–H and O–H groups in total. The van der Waals surface area contributed by atoms with Gasteiger partial charge in [0.15, 0.2) is 0 Å². The zero-order chi connectivity index (χ0) is 20.2. The lowest BCUT2D eigenvalue weighted by molar-refractivity contribution is -0.122. The highest BCUT2D eigenvalue weighted by Crippen LogP contribution is 2.27. The van der Waals surface area contributed by atoms with Crippen molar-refractivity contribution in [2.45, 2.75) is 38.8 Å². The smallest absolute Gasteiger partial charge is 0.223 e. The van der Waals surface area contributed by atoms with Crippen molar-refractivity contribution in [2.24, 2.45) is 5.92 Å². The minimum Gasteiger partial charge on any atom is -0.346 e. The summed E-state index contributed by atoms with van der Waals surface area (Å²) in [6.45, 7) is 4.29. The molecule has 0 radical (unpaired) electrons. The summed E-state index contributed by atoms with van der Waals surface area (Å²) in [5.74, 6) is 1.12. The second-order valence-electron chi connectivity index (χ2n) is 7.48. The lowest BCUT2D eigenvalue weighted by atomic mass is 9.97. The Labute approximate surface area is 174 Å². The van der Waals surface area contributed by atoms with Crippen molar-refractivity contribution in [2.75, 3.05) is 0 Å². The van der Waals surface area contributed by atoms with Crippen molar-refractivity contribution in [1.82, 2.24) is 19.9 Å². The fourth-order valence-electron chi connectivity index (χ4n) is 3.66. The van der Waals surface area contributed by atoms with Crippen LogP contribution in [0.1, 0.15) is 50.2 Å². The molecular weight excluding hydrogens is 380 g/mol. The van der Waals surface area contributed by atoms with Gasteiger partial charge in [-0.15, -0.1) is 0 Å². The molecule has 0 saturated carbocycles. The van der Waals surface area contributed by atoms with Crippen LogP contribution in [0.4, 0.5) is 0 Å². The zero-order valence-electron chi connectivity index (χ0n) is 16.7. The number of carbonyl (C=O) groups excluding carboxylic acids is 1. The molecule has 3 atom stereocenters. The van der Waals surface area contributed by atoms with Gasteiger partial charge in [0.05, 0.1) is 29.5 Å². The second-order valence-corrected chi connectivity index (χ2v) is 8.26. The van der Waals surface area contributed by atoms with Crippen LogP contribution in [0, 0.1) is 5.92 Å². The van der Waals surface area contributed by atoms with Gasteiger partial charge < -0.3 is 14.9 Å². The number of fused-ring (bicyclic) bond motifs is 1. The monoisotopic (exact) mass is 406 g/mol. The molecule has 0 bridgehead atoms. The molecule has 0 aliphatic heterocycles. The molecule has 5 nitrogen and oxygen atoms in total. The molecule has 150 valence electrons. The van der Waals surface area contributed by atoms with Crippen LogP contribution in [0.2, 0.25) is 0 Å². The summed E-state index contributed by atoms with van der Waals surface area (Å²) in [4.78, 5) is 21.2. The Morgan fingerprint density at radius 3 is 2.69 bits per heavy atom. The number of carbonyl (C=O) groups is 1. The van der Waals surface area contributed by atoms with E-state index in [9.17, 15) is 4.79 Å². The van der Waals surface area contributed by atoms with Crippen molar-refractivity contribution < 1.29 is 4.79 Å². The van der Waals surface area contributed by atoms with Crippen molar-refractivity contribution >= 4 is 28.3 Å². The predicted molar refractivity (Wildman–Crippen MR) is 118 cm³/mol. The average Bonchev–Trinajstić information content (AvgIpc) is 3.50. The van der Waals surface area contributed by atoms with E-state index in [-0.39, 0.29) is 23.9 Å². The summed E-state index contributed by atoms with van der Waals surface area (Å²) in [6, 6.07) is 13.9. The third-order valence-corrected chi connectivity index (χ3v) is 6.23. The number of para-hydroxylation sites is 2. The number of aromatic nitrogens is 3. The molecule has 1 aromatic carbocycles. The first-order valence-corrected chi connectivity index (χ1v) is 11.0. The first-order chi connectivity index (χ1) is 14.2. The minimum atomic E-state index is -0.146. The summed E-state index contributed by atoms with van der Waals surface area (Å²) >= 11 is 1.65. The maximum absolute atomic E-state index is 13.1. The molecule has 0 unspecified atom stereocenters. The highest BCUT2D eigenvalue weighted by Gasteiger charge is 2.26. The summed E-state index contributed by atoms with van der Waals surface area (Å²) in [6.07, 6.45) is 5.37. The van der Waals surface area contributed by atoms with Gasteiger partial charge in [0.25, 0.3) is 0 Å². The zero-order valence-corrected chi connectivity index (χ0v) is 17.5. The molecule has 0 saturated heterocycles. The van der Waals surface area contributed by atoms with Crippen LogP contribution >= 0.6 is 11.3 Å². The number of thiophene rings is 1. The number of nitrogens with one attached hydrogen (secondary N) is 2. The number of rotatable bonds is 8. The number of hydrogen-bond donors (Lipinski definition) is 2. The first kappa shape index (κ1) is 19.5. The molecule has 0 spiro atoms. The van der Waals surface area contributed by atoms with E-state index in [2.05, 4.69) is 45.5 Å². The van der Waals surface area contributed by atoms with Gasteiger partial charge in [-0.1, -0.05) is 32.4 Å². The largest absolute Gasteiger partial charge is 0.346 e. The van der Waals surface area contributed by atoms with Crippen molar-refractivity contribution in [3.63, 3.8) is 0 Å². The summed E-state index contributed by atoms with van der Waals surface area (Å²) in [7, 11) is 0. The minimum absolute atomic E-state index is 0.00972. The fraction of sp³-hybridized carbons (Fsp3) is 0.304. The molecule has 1 amide bonds. The molecule has 3 heterocycles. The van der Waals surface area contributed by atoms with Crippen LogP contribution in [0.5, 0.6) is 0 Å². The van der Waals surface area contributed by atoms with Gasteiger partial charge in [0.1, 0.15) is 5.82 Å². The molecular formula is C23H26N4OS. The Bertz CT molecular complexity index is 985. The van der Waals surface area contributed by atoms with E-state index >= 15 is 0 Å². The first-order valence-electron chi connectivity index (χ1n) is 10.0. The number of imidazole rings is 1. The molecule has 6 heteroatoms. The number of nitrogens with zero attached hydrogens (tertiary/aromatic N) is 2. The van der Waals surface area contributed by atoms with E-state index in [0.717, 1.165) is 28.8 Å². The molecule has 0 fully saturated rings. The van der Waals surface area contributed by atoms with Crippen LogP contribution in [-0.4, -0.2) is 20.4 Å². The van der Waals surface area contributed by atoms with Crippen molar-refractivity contribution in [1.29, 1.82) is 0 Å². The molecule has 4 rings (SSSR count). The quantitative estimate of drug-likeness (QED) is 0.417. The summed E-state index contributed by atoms with van der Waals surface area (Å²) in [5, 5.41) is 7.43. The van der Waals surface area contributed by atoms with Gasteiger partial charge in [0.2, 0.25) is 5.91 Å². The number of H-pyrrole nitrogens is 1. The van der Waals surface area contributed by atoms with Crippen LogP contribution in [-0.2, 0) is 4.79 Å². The van der Waals surface area contributed by atoms with Gasteiger partial charge in [-0.2, -0.15) is 11.3 Å². The van der Waals surface area contributed by atoms with Crippen LogP contribution < -0.4 is 5.32 Å². The third kappa shape index (κ3) is 4.27. The van der Waals surface area contributed by atoms with Gasteiger partial charge in [-0.25, -0.2) is 4.98 Å². The van der Waals surface area contributed by atoms with E-state index in [1.807, 2.05) is 48.8 Å². The molecule has 0 aliphatic rings. The lowest BCUT2D eigenvalue weighted by Gasteiger charge is -2.24. The van der Waals surface area contributed by atoms with Crippen LogP contribution in [0.3, 0.4) is 0 Å². The number of amides is 1. The predicted octanol–water partition coefficient (Wildman–Crippen LogP) is 5.31. The maximum atomic E-state index is 13.1. The van der Waals surface area contributed by atoms with Gasteiger partial charge in [-0.05, 0) is 52.6 Å². The van der Waals surface area contributed by atoms with Crippen LogP contribution in [0.25, 0.3) is 11.0 Å². The van der Waals surface area contributed by atoms with Crippen LogP contribution in [0.15, 0.2) is 65.6 Å². The highest BCUT2D eigenvalue weighted by atomic mass is 32.1. The van der Waals surface area contributed by atoms with Gasteiger partial charge in [0, 0.05) is 12.4 Å². The standard InChI is InChI=1S/C23H26N4OS/c1-3-16(2)22(23-24-18-8-4-5-9-19(18)25-23)26-21(28)14-20(17-10-13-29-15-17)27-11-6-7-12-27/h4-13,15-16,20,22H,3,14H2,1-2H3,(H,24,25)(H,26,28)/t16-,20-,22-/m0/s1. The molecule has 0 aliphatic carbocycles. The third-order valence-electron chi connectivity index (χ3n) is 5.53. The Morgan fingerprint density at radius 1 is 1.21 bits per heavy atom. The van der Waals surface area contributed by atoms with E-state index in [1.165, 1.54) is 0 Å². The van der Waals surface area contributed by atoms with Crippen molar-refractivity contribution in [3.8, 4) is 0 Å². The van der Waals surface area contributed by atoms with Crippen molar-refractivity contribution in [3.05, 3.63) is 77.0 Å². The fourth-order valence-corrected chi connectivity index (χ4v) is 4.37. The van der Waals surface area contributed by atoms with E-state index in [4.69, 9.17) is 4.98 Å². The Kier molecular flexibility index (Phi) is 5.81. The second kappa shape index (κ2) is 8.66. The SMILES string of the molecule is CC[C@H](C)[C@H](NC(=O)C[C@@H](c1ccsc1)n1cccc1)c1nc2ccccc2[nH]1. The molecule has 3 aromatic heterocycles. The topological polar surface area (TPSA) is 62.7 Å². The summed E-state index contributed by atoms with van der Waals surface area (Å²) < 4.78 is 2.10. The van der Waals surface area contributed by atoms with Gasteiger partial charge >= 0.3 is 0 Å². The molecule has 4 aromatic rings. The Balaban J connectivity index is 1.56. The molecule has 29 heavy (non-hydrogen) atoms. The summed E-state index contributed by atoms with van der Waals surface area (Å²) in [5.41, 5.74) is 3.08. The highest BCUT2D eigenvalue weighted by molar-refractivity contribution is 7.08. The van der Waals surface area contributed by atoms with E-state index < -0.39 is 0 Å². The van der Waals surface area contributed by atoms with E-state index in [0.29, 0.717) is 6.42 Å². The number of benzene rings is 1.